The first kappa shape index (κ1) is 37.9. The average molecular weight is 554 g/mol. The summed E-state index contributed by atoms with van der Waals surface area (Å²) in [5.74, 6) is 0. The van der Waals surface area contributed by atoms with Crippen LogP contribution in [0.5, 0.6) is 0 Å². The molecule has 5 heteroatoms. The Morgan fingerprint density at radius 2 is 1.13 bits per heavy atom. The van der Waals surface area contributed by atoms with Crippen LogP contribution in [0.3, 0.4) is 0 Å². The van der Waals surface area contributed by atoms with Crippen molar-refractivity contribution >= 4 is 6.16 Å². The summed E-state index contributed by atoms with van der Waals surface area (Å²) in [5, 5.41) is 19.2. The monoisotopic (exact) mass is 554 g/mol. The van der Waals surface area contributed by atoms with Gasteiger partial charge in [-0.15, -0.1) is 0 Å². The molecule has 0 aliphatic rings. The molecular formula is C34H67NO4. The van der Waals surface area contributed by atoms with Crippen molar-refractivity contribution in [3.63, 3.8) is 0 Å². The molecule has 0 bridgehead atoms. The van der Waals surface area contributed by atoms with Crippen LogP contribution in [0, 0.1) is 0 Å². The largest absolute Gasteiger partial charge is 0.506 e. The van der Waals surface area contributed by atoms with E-state index in [0.717, 1.165) is 57.8 Å². The zero-order chi connectivity index (χ0) is 28.8. The molecule has 0 amide bonds. The summed E-state index contributed by atoms with van der Waals surface area (Å²) in [7, 11) is 4.28. The molecule has 232 valence electrons. The van der Waals surface area contributed by atoms with Crippen molar-refractivity contribution in [2.24, 2.45) is 0 Å². The van der Waals surface area contributed by atoms with E-state index in [1.54, 1.807) is 0 Å². The van der Waals surface area contributed by atoms with Gasteiger partial charge >= 0.3 is 6.16 Å². The number of ether oxygens (including phenoxy) is 1. The number of aliphatic hydroxyl groups is 1. The van der Waals surface area contributed by atoms with Gasteiger partial charge in [0.15, 0.2) is 0 Å². The number of unbranched alkanes of at least 4 members (excludes halogenated alkanes) is 18. The smallest absolute Gasteiger partial charge is 0.450 e. The Balaban J connectivity index is 3.59. The molecule has 0 aromatic heterocycles. The molecular weight excluding hydrogens is 486 g/mol. The summed E-state index contributed by atoms with van der Waals surface area (Å²) in [6, 6.07) is 0. The van der Waals surface area contributed by atoms with Crippen molar-refractivity contribution in [1.29, 1.82) is 0 Å². The lowest BCUT2D eigenvalue weighted by molar-refractivity contribution is 0.0422. The first-order valence-electron chi connectivity index (χ1n) is 16.8. The van der Waals surface area contributed by atoms with Gasteiger partial charge < -0.3 is 19.8 Å². The van der Waals surface area contributed by atoms with E-state index in [0.29, 0.717) is 0 Å². The molecule has 0 saturated carbocycles. The SMILES string of the molecule is CCCCCCCCCCC(CCCCCCCC=CC[C@H](O)CCCCCCCCCN(C)C)OC(=O)O. The van der Waals surface area contributed by atoms with Crippen molar-refractivity contribution in [1.82, 2.24) is 4.90 Å². The molecule has 0 aliphatic heterocycles. The predicted octanol–water partition coefficient (Wildman–Crippen LogP) is 10.3. The molecule has 39 heavy (non-hydrogen) atoms. The molecule has 0 aliphatic carbocycles. The highest BCUT2D eigenvalue weighted by Gasteiger charge is 2.13. The minimum atomic E-state index is -1.13. The van der Waals surface area contributed by atoms with E-state index in [2.05, 4.69) is 38.1 Å². The zero-order valence-electron chi connectivity index (χ0n) is 26.4. The lowest BCUT2D eigenvalue weighted by Crippen LogP contribution is -2.16. The van der Waals surface area contributed by atoms with Crippen LogP contribution >= 0.6 is 0 Å². The molecule has 0 spiro atoms. The molecule has 0 rings (SSSR count). The summed E-state index contributed by atoms with van der Waals surface area (Å²) in [5.41, 5.74) is 0. The number of rotatable bonds is 30. The van der Waals surface area contributed by atoms with E-state index in [1.165, 1.54) is 109 Å². The molecule has 0 radical (unpaired) electrons. The molecule has 0 saturated heterocycles. The van der Waals surface area contributed by atoms with Gasteiger partial charge in [0.05, 0.1) is 6.10 Å². The van der Waals surface area contributed by atoms with Crippen molar-refractivity contribution < 1.29 is 19.7 Å². The van der Waals surface area contributed by atoms with Crippen LogP contribution in [0.25, 0.3) is 0 Å². The lowest BCUT2D eigenvalue weighted by Gasteiger charge is -2.15. The van der Waals surface area contributed by atoms with Gasteiger partial charge in [-0.2, -0.15) is 0 Å². The van der Waals surface area contributed by atoms with Crippen LogP contribution in [0.15, 0.2) is 12.2 Å². The molecule has 2 N–H and O–H groups in total. The fraction of sp³-hybridized carbons (Fsp3) is 0.912. The van der Waals surface area contributed by atoms with E-state index in [4.69, 9.17) is 9.84 Å². The van der Waals surface area contributed by atoms with E-state index >= 15 is 0 Å². The Kier molecular flexibility index (Phi) is 29.1. The highest BCUT2D eigenvalue weighted by molar-refractivity contribution is 5.57. The maximum Gasteiger partial charge on any atom is 0.506 e. The molecule has 0 aromatic rings. The average Bonchev–Trinajstić information content (AvgIpc) is 2.89. The number of allylic oxidation sites excluding steroid dienone is 1. The Hall–Kier alpha value is -1.07. The predicted molar refractivity (Wildman–Crippen MR) is 168 cm³/mol. The second-order valence-corrected chi connectivity index (χ2v) is 12.0. The fourth-order valence-electron chi connectivity index (χ4n) is 5.26. The Labute approximate surface area is 243 Å². The first-order valence-corrected chi connectivity index (χ1v) is 16.8. The molecule has 1 unspecified atom stereocenters. The first-order chi connectivity index (χ1) is 19.0. The van der Waals surface area contributed by atoms with Gasteiger partial charge in [0.2, 0.25) is 0 Å². The van der Waals surface area contributed by atoms with Gasteiger partial charge in [0, 0.05) is 0 Å². The minimum Gasteiger partial charge on any atom is -0.450 e. The molecule has 0 heterocycles. The Morgan fingerprint density at radius 1 is 0.667 bits per heavy atom. The molecule has 2 atom stereocenters. The number of hydrogen-bond acceptors (Lipinski definition) is 4. The van der Waals surface area contributed by atoms with Gasteiger partial charge in [0.25, 0.3) is 0 Å². The standard InChI is InChI=1S/C34H67NO4/c1-4-5-6-7-8-14-19-24-29-33(39-34(37)38)30-25-20-15-10-9-12-17-22-27-32(36)28-23-18-13-11-16-21-26-31-35(2)3/h17,22,32-33,36H,4-16,18-21,23-31H2,1-3H3,(H,37,38)/t32-,33?/m0/s1. The molecule has 5 nitrogen and oxygen atoms in total. The van der Waals surface area contributed by atoms with Crippen LogP contribution in [-0.4, -0.2) is 54.1 Å². The van der Waals surface area contributed by atoms with Gasteiger partial charge in [-0.1, -0.05) is 122 Å². The van der Waals surface area contributed by atoms with Crippen molar-refractivity contribution in [3.05, 3.63) is 12.2 Å². The van der Waals surface area contributed by atoms with Crippen LogP contribution in [0.2, 0.25) is 0 Å². The lowest BCUT2D eigenvalue weighted by atomic mass is 10.0. The summed E-state index contributed by atoms with van der Waals surface area (Å²) in [4.78, 5) is 13.3. The summed E-state index contributed by atoms with van der Waals surface area (Å²) < 4.78 is 5.15. The molecule has 0 fully saturated rings. The van der Waals surface area contributed by atoms with Crippen molar-refractivity contribution in [3.8, 4) is 0 Å². The Bertz CT molecular complexity index is 537. The van der Waals surface area contributed by atoms with Crippen LogP contribution in [0.1, 0.15) is 167 Å². The maximum atomic E-state index is 11.0. The quantitative estimate of drug-likeness (QED) is 0.0526. The molecule has 0 aromatic carbocycles. The number of carboxylic acid groups (broad SMARTS) is 1. The van der Waals surface area contributed by atoms with Gasteiger partial charge in [-0.05, 0) is 78.4 Å². The summed E-state index contributed by atoms with van der Waals surface area (Å²) in [6.45, 7) is 3.44. The second kappa shape index (κ2) is 29.9. The third-order valence-corrected chi connectivity index (χ3v) is 7.76. The third-order valence-electron chi connectivity index (χ3n) is 7.76. The van der Waals surface area contributed by atoms with E-state index in [1.807, 2.05) is 0 Å². The Morgan fingerprint density at radius 3 is 1.64 bits per heavy atom. The third kappa shape index (κ3) is 31.3. The number of nitrogens with zero attached hydrogens (tertiary/aromatic N) is 1. The normalized spacial score (nSPS) is 13.4. The number of hydrogen-bond donors (Lipinski definition) is 2. The fourth-order valence-corrected chi connectivity index (χ4v) is 5.26. The van der Waals surface area contributed by atoms with E-state index in [-0.39, 0.29) is 12.2 Å². The highest BCUT2D eigenvalue weighted by atomic mass is 16.7. The number of carbonyl (C=O) groups is 1. The maximum absolute atomic E-state index is 11.0. The topological polar surface area (TPSA) is 70.0 Å². The van der Waals surface area contributed by atoms with Gasteiger partial charge in [-0.25, -0.2) is 4.79 Å². The van der Waals surface area contributed by atoms with E-state index < -0.39 is 6.16 Å². The van der Waals surface area contributed by atoms with Crippen LogP contribution in [0.4, 0.5) is 4.79 Å². The second-order valence-electron chi connectivity index (χ2n) is 12.0. The van der Waals surface area contributed by atoms with Crippen molar-refractivity contribution in [2.75, 3.05) is 20.6 Å². The van der Waals surface area contributed by atoms with Gasteiger partial charge in [0.1, 0.15) is 6.10 Å². The van der Waals surface area contributed by atoms with Crippen LogP contribution < -0.4 is 0 Å². The zero-order valence-corrected chi connectivity index (χ0v) is 26.4. The van der Waals surface area contributed by atoms with Gasteiger partial charge in [-0.3, -0.25) is 0 Å². The summed E-state index contributed by atoms with van der Waals surface area (Å²) in [6.07, 6.45) is 32.4. The van der Waals surface area contributed by atoms with E-state index in [9.17, 15) is 9.90 Å². The van der Waals surface area contributed by atoms with Crippen molar-refractivity contribution in [2.45, 2.75) is 180 Å². The van der Waals surface area contributed by atoms with Crippen LogP contribution in [-0.2, 0) is 4.74 Å². The summed E-state index contributed by atoms with van der Waals surface area (Å²) >= 11 is 0. The highest BCUT2D eigenvalue weighted by Crippen LogP contribution is 2.18. The minimum absolute atomic E-state index is 0.130. The number of aliphatic hydroxyl groups excluding tert-OH is 1.